The van der Waals surface area contributed by atoms with Gasteiger partial charge < -0.3 is 4.90 Å². The molecule has 0 saturated carbocycles. The van der Waals surface area contributed by atoms with Crippen molar-refractivity contribution >= 4 is 11.9 Å². The van der Waals surface area contributed by atoms with Crippen molar-refractivity contribution in [2.75, 3.05) is 6.54 Å². The molecule has 0 unspecified atom stereocenters. The summed E-state index contributed by atoms with van der Waals surface area (Å²) in [4.78, 5) is 23.6. The Morgan fingerprint density at radius 1 is 1.44 bits per heavy atom. The van der Waals surface area contributed by atoms with Crippen LogP contribution in [0.25, 0.3) is 0 Å². The van der Waals surface area contributed by atoms with Gasteiger partial charge in [-0.1, -0.05) is 6.07 Å². The number of aryl methyl sites for hydroxylation is 1. The third-order valence-corrected chi connectivity index (χ3v) is 2.53. The molecule has 1 fully saturated rings. The van der Waals surface area contributed by atoms with Gasteiger partial charge in [-0.15, -0.1) is 0 Å². The van der Waals surface area contributed by atoms with E-state index in [0.29, 0.717) is 6.54 Å². The van der Waals surface area contributed by atoms with E-state index in [1.165, 1.54) is 17.0 Å². The van der Waals surface area contributed by atoms with Gasteiger partial charge >= 0.3 is 6.03 Å². The van der Waals surface area contributed by atoms with Crippen LogP contribution in [0.5, 0.6) is 0 Å². The van der Waals surface area contributed by atoms with E-state index in [4.69, 9.17) is 0 Å². The predicted molar refractivity (Wildman–Crippen MR) is 55.1 cm³/mol. The van der Waals surface area contributed by atoms with Crippen LogP contribution >= 0.6 is 0 Å². The fourth-order valence-electron chi connectivity index (χ4n) is 1.65. The monoisotopic (exact) mass is 222 g/mol. The molecule has 0 aromatic heterocycles. The van der Waals surface area contributed by atoms with E-state index in [2.05, 4.69) is 5.32 Å². The summed E-state index contributed by atoms with van der Waals surface area (Å²) in [5, 5.41) is 2.19. The van der Waals surface area contributed by atoms with Gasteiger partial charge in [0, 0.05) is 6.54 Å². The van der Waals surface area contributed by atoms with E-state index < -0.39 is 6.03 Å². The zero-order chi connectivity index (χ0) is 11.7. The Balaban J connectivity index is 2.15. The molecule has 1 aliphatic rings. The average Bonchev–Trinajstić information content (AvgIpc) is 2.50. The number of hydrogen-bond donors (Lipinski definition) is 1. The molecule has 1 aliphatic heterocycles. The van der Waals surface area contributed by atoms with Crippen LogP contribution in [0.1, 0.15) is 11.1 Å². The summed E-state index contributed by atoms with van der Waals surface area (Å²) in [6.07, 6.45) is 0. The number of benzene rings is 1. The van der Waals surface area contributed by atoms with Gasteiger partial charge in [0.15, 0.2) is 0 Å². The molecule has 1 heterocycles. The van der Waals surface area contributed by atoms with Crippen LogP contribution in [0.15, 0.2) is 18.2 Å². The summed E-state index contributed by atoms with van der Waals surface area (Å²) >= 11 is 0. The van der Waals surface area contributed by atoms with E-state index in [0.717, 1.165) is 11.1 Å². The Hall–Kier alpha value is -1.91. The number of halogens is 1. The first-order valence-corrected chi connectivity index (χ1v) is 4.90. The quantitative estimate of drug-likeness (QED) is 0.764. The Bertz CT molecular complexity index is 459. The number of nitrogens with zero attached hydrogens (tertiary/aromatic N) is 1. The van der Waals surface area contributed by atoms with E-state index in [1.807, 2.05) is 0 Å². The molecule has 16 heavy (non-hydrogen) atoms. The molecular formula is C11H11FN2O2. The molecular weight excluding hydrogens is 211 g/mol. The molecule has 0 bridgehead atoms. The SMILES string of the molecule is Cc1cc(F)ccc1CN1CC(=O)NC1=O. The van der Waals surface area contributed by atoms with Gasteiger partial charge in [0.2, 0.25) is 5.91 Å². The number of carbonyl (C=O) groups excluding carboxylic acids is 2. The van der Waals surface area contributed by atoms with Gasteiger partial charge in [-0.25, -0.2) is 9.18 Å². The van der Waals surface area contributed by atoms with Crippen LogP contribution in [0.3, 0.4) is 0 Å². The molecule has 3 amide bonds. The van der Waals surface area contributed by atoms with Crippen molar-refractivity contribution < 1.29 is 14.0 Å². The van der Waals surface area contributed by atoms with Crippen LogP contribution < -0.4 is 5.32 Å². The number of rotatable bonds is 2. The molecule has 2 rings (SSSR count). The lowest BCUT2D eigenvalue weighted by Gasteiger charge is -2.14. The second-order valence-corrected chi connectivity index (χ2v) is 3.78. The molecule has 1 N–H and O–H groups in total. The molecule has 0 aliphatic carbocycles. The van der Waals surface area contributed by atoms with Crippen molar-refractivity contribution in [3.63, 3.8) is 0 Å². The summed E-state index contributed by atoms with van der Waals surface area (Å²) in [5.74, 6) is -0.604. The summed E-state index contributed by atoms with van der Waals surface area (Å²) in [7, 11) is 0. The molecule has 5 heteroatoms. The maximum atomic E-state index is 12.9. The number of hydrogen-bond acceptors (Lipinski definition) is 2. The lowest BCUT2D eigenvalue weighted by atomic mass is 10.1. The minimum atomic E-state index is -0.395. The Labute approximate surface area is 92.0 Å². The van der Waals surface area contributed by atoms with Crippen molar-refractivity contribution in [1.29, 1.82) is 0 Å². The van der Waals surface area contributed by atoms with E-state index in [-0.39, 0.29) is 18.3 Å². The number of urea groups is 1. The summed E-state index contributed by atoms with van der Waals surface area (Å²) < 4.78 is 12.9. The van der Waals surface area contributed by atoms with Gasteiger partial charge in [-0.3, -0.25) is 10.1 Å². The number of nitrogens with one attached hydrogen (secondary N) is 1. The number of carbonyl (C=O) groups is 2. The minimum Gasteiger partial charge on any atom is -0.311 e. The third-order valence-electron chi connectivity index (χ3n) is 2.53. The summed E-state index contributed by atoms with van der Waals surface area (Å²) in [5.41, 5.74) is 1.61. The van der Waals surface area contributed by atoms with Gasteiger partial charge in [0.25, 0.3) is 0 Å². The molecule has 4 nitrogen and oxygen atoms in total. The zero-order valence-electron chi connectivity index (χ0n) is 8.79. The minimum absolute atomic E-state index is 0.0651. The highest BCUT2D eigenvalue weighted by atomic mass is 19.1. The van der Waals surface area contributed by atoms with Gasteiger partial charge in [-0.2, -0.15) is 0 Å². The molecule has 1 aromatic rings. The molecule has 0 radical (unpaired) electrons. The molecule has 0 atom stereocenters. The molecule has 1 saturated heterocycles. The van der Waals surface area contributed by atoms with E-state index in [1.54, 1.807) is 13.0 Å². The topological polar surface area (TPSA) is 49.4 Å². The van der Waals surface area contributed by atoms with Crippen LogP contribution in [0.2, 0.25) is 0 Å². The van der Waals surface area contributed by atoms with Gasteiger partial charge in [0.05, 0.1) is 0 Å². The first-order valence-electron chi connectivity index (χ1n) is 4.90. The zero-order valence-corrected chi connectivity index (χ0v) is 8.79. The Morgan fingerprint density at radius 2 is 2.19 bits per heavy atom. The highest BCUT2D eigenvalue weighted by molar-refractivity contribution is 6.01. The standard InChI is InChI=1S/C11H11FN2O2/c1-7-4-9(12)3-2-8(7)5-14-6-10(15)13-11(14)16/h2-4H,5-6H2,1H3,(H,13,15,16). The molecule has 1 aromatic carbocycles. The first kappa shape index (κ1) is 10.6. The third kappa shape index (κ3) is 2.03. The fourth-order valence-corrected chi connectivity index (χ4v) is 1.65. The van der Waals surface area contributed by atoms with Crippen LogP contribution in [-0.4, -0.2) is 23.4 Å². The fraction of sp³-hybridized carbons (Fsp3) is 0.273. The van der Waals surface area contributed by atoms with Crippen molar-refractivity contribution in [3.8, 4) is 0 Å². The largest absolute Gasteiger partial charge is 0.324 e. The summed E-state index contributed by atoms with van der Waals surface area (Å²) in [6, 6.07) is 3.98. The second-order valence-electron chi connectivity index (χ2n) is 3.78. The normalized spacial score (nSPS) is 15.5. The Morgan fingerprint density at radius 3 is 2.75 bits per heavy atom. The predicted octanol–water partition coefficient (Wildman–Crippen LogP) is 1.19. The Kier molecular flexibility index (Phi) is 2.60. The lowest BCUT2D eigenvalue weighted by Crippen LogP contribution is -2.28. The van der Waals surface area contributed by atoms with Gasteiger partial charge in [0.1, 0.15) is 12.4 Å². The van der Waals surface area contributed by atoms with Crippen molar-refractivity contribution in [1.82, 2.24) is 10.2 Å². The van der Waals surface area contributed by atoms with E-state index >= 15 is 0 Å². The van der Waals surface area contributed by atoms with E-state index in [9.17, 15) is 14.0 Å². The van der Waals surface area contributed by atoms with Crippen LogP contribution in [0.4, 0.5) is 9.18 Å². The summed E-state index contributed by atoms with van der Waals surface area (Å²) in [6.45, 7) is 2.16. The van der Waals surface area contributed by atoms with Crippen LogP contribution in [-0.2, 0) is 11.3 Å². The van der Waals surface area contributed by atoms with Gasteiger partial charge in [-0.05, 0) is 30.2 Å². The molecule has 84 valence electrons. The maximum absolute atomic E-state index is 12.9. The van der Waals surface area contributed by atoms with Crippen molar-refractivity contribution in [2.24, 2.45) is 0 Å². The van der Waals surface area contributed by atoms with Crippen molar-refractivity contribution in [2.45, 2.75) is 13.5 Å². The highest BCUT2D eigenvalue weighted by Gasteiger charge is 2.26. The smallest absolute Gasteiger partial charge is 0.311 e. The molecule has 0 spiro atoms. The van der Waals surface area contributed by atoms with Crippen LogP contribution in [0, 0.1) is 12.7 Å². The second kappa shape index (κ2) is 3.92. The highest BCUT2D eigenvalue weighted by Crippen LogP contribution is 2.14. The lowest BCUT2D eigenvalue weighted by molar-refractivity contribution is -0.118. The average molecular weight is 222 g/mol. The maximum Gasteiger partial charge on any atom is 0.324 e. The number of amides is 3. The first-order chi connectivity index (χ1) is 7.56. The number of imide groups is 1. The van der Waals surface area contributed by atoms with Crippen molar-refractivity contribution in [3.05, 3.63) is 35.1 Å².